The molecule has 11 rings (SSSR count). The molecule has 0 unspecified atom stereocenters. The van der Waals surface area contributed by atoms with Crippen molar-refractivity contribution in [3.05, 3.63) is 194 Å². The lowest BCUT2D eigenvalue weighted by atomic mass is 9.91. The zero-order chi connectivity index (χ0) is 36.3. The molecule has 0 spiro atoms. The first-order valence-electron chi connectivity index (χ1n) is 18.6. The Kier molecular flexibility index (Phi) is 7.14. The van der Waals surface area contributed by atoms with Gasteiger partial charge < -0.3 is 4.57 Å². The van der Waals surface area contributed by atoms with Crippen LogP contribution in [-0.4, -0.2) is 19.5 Å². The van der Waals surface area contributed by atoms with E-state index in [1.807, 2.05) is 60.7 Å². The summed E-state index contributed by atoms with van der Waals surface area (Å²) in [7, 11) is 0. The molecule has 0 aliphatic rings. The lowest BCUT2D eigenvalue weighted by Gasteiger charge is -2.13. The summed E-state index contributed by atoms with van der Waals surface area (Å²) < 4.78 is 2.41. The number of nitrogens with zero attached hydrogens (tertiary/aromatic N) is 4. The minimum Gasteiger partial charge on any atom is -0.309 e. The maximum atomic E-state index is 5.06. The molecule has 55 heavy (non-hydrogen) atoms. The zero-order valence-electron chi connectivity index (χ0n) is 29.8. The predicted molar refractivity (Wildman–Crippen MR) is 228 cm³/mol. The molecule has 4 heteroatoms. The highest BCUT2D eigenvalue weighted by Gasteiger charge is 2.20. The van der Waals surface area contributed by atoms with Crippen LogP contribution in [0.3, 0.4) is 0 Å². The van der Waals surface area contributed by atoms with Gasteiger partial charge in [0.1, 0.15) is 0 Å². The third-order valence-corrected chi connectivity index (χ3v) is 10.8. The molecule has 0 saturated carbocycles. The van der Waals surface area contributed by atoms with Crippen molar-refractivity contribution in [2.24, 2.45) is 0 Å². The van der Waals surface area contributed by atoms with Gasteiger partial charge in [-0.15, -0.1) is 0 Å². The summed E-state index contributed by atoms with van der Waals surface area (Å²) in [6.07, 6.45) is 0. The summed E-state index contributed by atoms with van der Waals surface area (Å²) in [5.41, 5.74) is 8.53. The fraction of sp³-hybridized carbons (Fsp3) is 0. The molecule has 4 nitrogen and oxygen atoms in total. The molecule has 0 radical (unpaired) electrons. The molecule has 9 aromatic carbocycles. The number of rotatable bonds is 5. The Morgan fingerprint density at radius 3 is 1.36 bits per heavy atom. The Hall–Kier alpha value is -7.43. The first-order chi connectivity index (χ1) is 27.3. The third-order valence-electron chi connectivity index (χ3n) is 10.8. The maximum Gasteiger partial charge on any atom is 0.164 e. The van der Waals surface area contributed by atoms with Crippen molar-refractivity contribution >= 4 is 54.1 Å². The summed E-state index contributed by atoms with van der Waals surface area (Å²) in [5, 5.41) is 10.0. The minimum absolute atomic E-state index is 0.629. The molecule has 0 saturated heterocycles. The van der Waals surface area contributed by atoms with E-state index in [-0.39, 0.29) is 0 Å². The van der Waals surface area contributed by atoms with Crippen molar-refractivity contribution in [2.45, 2.75) is 0 Å². The van der Waals surface area contributed by atoms with Gasteiger partial charge in [-0.1, -0.05) is 164 Å². The highest BCUT2D eigenvalue weighted by atomic mass is 15.0. The van der Waals surface area contributed by atoms with E-state index in [9.17, 15) is 0 Å². The Labute approximate surface area is 317 Å². The fourth-order valence-corrected chi connectivity index (χ4v) is 8.31. The van der Waals surface area contributed by atoms with E-state index in [2.05, 4.69) is 138 Å². The number of hydrogen-bond acceptors (Lipinski definition) is 3. The van der Waals surface area contributed by atoms with Gasteiger partial charge in [0.05, 0.1) is 11.0 Å². The van der Waals surface area contributed by atoms with Crippen molar-refractivity contribution in [3.8, 4) is 51.0 Å². The fourth-order valence-electron chi connectivity index (χ4n) is 8.31. The zero-order valence-corrected chi connectivity index (χ0v) is 29.8. The quantitative estimate of drug-likeness (QED) is 0.168. The summed E-state index contributed by atoms with van der Waals surface area (Å²) in [4.78, 5) is 15.1. The van der Waals surface area contributed by atoms with E-state index < -0.39 is 0 Å². The van der Waals surface area contributed by atoms with E-state index >= 15 is 0 Å². The van der Waals surface area contributed by atoms with Gasteiger partial charge in [0.25, 0.3) is 0 Å². The van der Waals surface area contributed by atoms with Crippen LogP contribution < -0.4 is 0 Å². The first kappa shape index (κ1) is 31.1. The average molecular weight is 701 g/mol. The SMILES string of the molecule is c1ccc(-c2ccc3c(c2)c2c4c5ccccc5c5ccccc5c4ccc2n3-c2cccc(-c3nc(-c4ccccc4)nc(-c4ccccc4)n3)c2)cc1. The molecule has 0 N–H and O–H groups in total. The Morgan fingerprint density at radius 2 is 0.745 bits per heavy atom. The van der Waals surface area contributed by atoms with Crippen molar-refractivity contribution in [1.82, 2.24) is 19.5 Å². The Bertz CT molecular complexity index is 3150. The Balaban J connectivity index is 1.20. The number of hydrogen-bond donors (Lipinski definition) is 0. The molecule has 0 bridgehead atoms. The lowest BCUT2D eigenvalue weighted by molar-refractivity contribution is 1.07. The van der Waals surface area contributed by atoms with E-state index in [1.165, 1.54) is 54.2 Å². The van der Waals surface area contributed by atoms with Gasteiger partial charge in [-0.05, 0) is 68.4 Å². The second-order valence-corrected chi connectivity index (χ2v) is 14.0. The van der Waals surface area contributed by atoms with Crippen LogP contribution >= 0.6 is 0 Å². The monoisotopic (exact) mass is 700 g/mol. The van der Waals surface area contributed by atoms with Crippen molar-refractivity contribution < 1.29 is 0 Å². The number of aromatic nitrogens is 4. The highest BCUT2D eigenvalue weighted by Crippen LogP contribution is 2.44. The lowest BCUT2D eigenvalue weighted by Crippen LogP contribution is -2.01. The van der Waals surface area contributed by atoms with E-state index in [0.29, 0.717) is 17.5 Å². The van der Waals surface area contributed by atoms with Crippen molar-refractivity contribution in [3.63, 3.8) is 0 Å². The molecule has 0 aliphatic heterocycles. The summed E-state index contributed by atoms with van der Waals surface area (Å²) in [6, 6.07) is 68.7. The van der Waals surface area contributed by atoms with Crippen LogP contribution in [-0.2, 0) is 0 Å². The molecule has 2 heterocycles. The summed E-state index contributed by atoms with van der Waals surface area (Å²) in [5.74, 6) is 1.92. The number of fused-ring (bicyclic) bond motifs is 10. The van der Waals surface area contributed by atoms with Gasteiger partial charge in [-0.2, -0.15) is 0 Å². The minimum atomic E-state index is 0.629. The third kappa shape index (κ3) is 5.11. The normalized spacial score (nSPS) is 11.6. The number of benzene rings is 9. The van der Waals surface area contributed by atoms with Crippen LogP contribution in [0.2, 0.25) is 0 Å². The van der Waals surface area contributed by atoms with Crippen LogP contribution in [0.1, 0.15) is 0 Å². The summed E-state index contributed by atoms with van der Waals surface area (Å²) >= 11 is 0. The van der Waals surface area contributed by atoms with Crippen LogP contribution in [0.15, 0.2) is 194 Å². The van der Waals surface area contributed by atoms with Gasteiger partial charge in [-0.3, -0.25) is 0 Å². The molecule has 0 amide bonds. The van der Waals surface area contributed by atoms with E-state index in [1.54, 1.807) is 0 Å². The van der Waals surface area contributed by atoms with Crippen molar-refractivity contribution in [2.75, 3.05) is 0 Å². The van der Waals surface area contributed by atoms with Gasteiger partial charge in [0, 0.05) is 38.5 Å². The highest BCUT2D eigenvalue weighted by molar-refractivity contribution is 6.35. The molecular weight excluding hydrogens is 669 g/mol. The van der Waals surface area contributed by atoms with Crippen LogP contribution in [0.4, 0.5) is 0 Å². The molecule has 0 fully saturated rings. The molecular formula is C51H32N4. The second-order valence-electron chi connectivity index (χ2n) is 14.0. The average Bonchev–Trinajstić information content (AvgIpc) is 3.61. The largest absolute Gasteiger partial charge is 0.309 e. The topological polar surface area (TPSA) is 43.6 Å². The van der Waals surface area contributed by atoms with Gasteiger partial charge >= 0.3 is 0 Å². The van der Waals surface area contributed by atoms with E-state index in [4.69, 9.17) is 15.0 Å². The standard InChI is InChI=1S/C51H32N4/c1-4-15-33(16-5-1)36-27-29-45-44(32-36)48-46(30-28-43-41-25-11-10-23-39(41)40-24-12-13-26-42(40)47(43)48)55(45)38-22-14-21-37(31-38)51-53-49(34-17-6-2-7-18-34)52-50(54-51)35-19-8-3-9-20-35/h1-32H. The van der Waals surface area contributed by atoms with E-state index in [0.717, 1.165) is 33.4 Å². The van der Waals surface area contributed by atoms with Crippen molar-refractivity contribution in [1.29, 1.82) is 0 Å². The first-order valence-corrected chi connectivity index (χ1v) is 18.6. The smallest absolute Gasteiger partial charge is 0.164 e. The maximum absolute atomic E-state index is 5.06. The van der Waals surface area contributed by atoms with Gasteiger partial charge in [-0.25, -0.2) is 15.0 Å². The second kappa shape index (κ2) is 12.6. The molecule has 256 valence electrons. The van der Waals surface area contributed by atoms with Crippen LogP contribution in [0.25, 0.3) is 105 Å². The molecule has 0 atom stereocenters. The van der Waals surface area contributed by atoms with Gasteiger partial charge in [0.15, 0.2) is 17.5 Å². The molecule has 11 aromatic rings. The van der Waals surface area contributed by atoms with Gasteiger partial charge in [0.2, 0.25) is 0 Å². The van der Waals surface area contributed by atoms with Crippen LogP contribution in [0.5, 0.6) is 0 Å². The molecule has 2 aromatic heterocycles. The summed E-state index contributed by atoms with van der Waals surface area (Å²) in [6.45, 7) is 0. The molecule has 0 aliphatic carbocycles. The Morgan fingerprint density at radius 1 is 0.273 bits per heavy atom. The van der Waals surface area contributed by atoms with Crippen LogP contribution in [0, 0.1) is 0 Å². The predicted octanol–water partition coefficient (Wildman–Crippen LogP) is 13.1.